The molecule has 0 unspecified atom stereocenters. The maximum atomic E-state index is 13.5. The molecular weight excluding hydrogens is 484 g/mol. The van der Waals surface area contributed by atoms with E-state index in [1.165, 1.54) is 11.3 Å². The molecule has 1 N–H and O–H groups in total. The summed E-state index contributed by atoms with van der Waals surface area (Å²) in [5, 5.41) is 13.3. The van der Waals surface area contributed by atoms with Crippen LogP contribution in [-0.4, -0.2) is 26.5 Å². The maximum absolute atomic E-state index is 13.5. The third-order valence-electron chi connectivity index (χ3n) is 5.63. The van der Waals surface area contributed by atoms with E-state index in [1.54, 1.807) is 30.3 Å². The summed E-state index contributed by atoms with van der Waals surface area (Å²) in [4.78, 5) is 27.3. The van der Waals surface area contributed by atoms with Crippen molar-refractivity contribution in [3.8, 4) is 5.00 Å². The Labute approximate surface area is 210 Å². The fourth-order valence-corrected chi connectivity index (χ4v) is 5.23. The molecule has 0 aliphatic heterocycles. The molecule has 0 fully saturated rings. The van der Waals surface area contributed by atoms with E-state index in [2.05, 4.69) is 15.5 Å². The minimum Gasteiger partial charge on any atom is -0.451 e. The number of aromatic nitrogens is 3. The van der Waals surface area contributed by atoms with Crippen molar-refractivity contribution in [3.63, 3.8) is 0 Å². The van der Waals surface area contributed by atoms with Crippen LogP contribution in [0.5, 0.6) is 0 Å². The van der Waals surface area contributed by atoms with E-state index >= 15 is 0 Å². The molecule has 3 aromatic heterocycles. The largest absolute Gasteiger partial charge is 0.451 e. The van der Waals surface area contributed by atoms with Crippen molar-refractivity contribution in [3.05, 3.63) is 99.1 Å². The highest BCUT2D eigenvalue weighted by Crippen LogP contribution is 2.32. The van der Waals surface area contributed by atoms with Crippen molar-refractivity contribution in [2.75, 3.05) is 0 Å². The number of furan rings is 1. The Morgan fingerprint density at radius 2 is 1.83 bits per heavy atom. The molecule has 0 spiro atoms. The van der Waals surface area contributed by atoms with E-state index in [-0.39, 0.29) is 24.0 Å². The topological polar surface area (TPSA) is 90.0 Å². The Hall–Kier alpha value is -3.75. The van der Waals surface area contributed by atoms with Crippen LogP contribution in [0.15, 0.2) is 65.1 Å². The molecule has 9 heteroatoms. The normalized spacial score (nSPS) is 11.2. The van der Waals surface area contributed by atoms with Gasteiger partial charge in [-0.25, -0.2) is 0 Å². The number of fused-ring (bicyclic) bond motifs is 1. The van der Waals surface area contributed by atoms with Crippen molar-refractivity contribution in [2.45, 2.75) is 26.8 Å². The second-order valence-corrected chi connectivity index (χ2v) is 9.45. The lowest BCUT2D eigenvalue weighted by Crippen LogP contribution is -2.24. The molecule has 7 nitrogen and oxygen atoms in total. The summed E-state index contributed by atoms with van der Waals surface area (Å²) in [6.07, 6.45) is 0.771. The lowest BCUT2D eigenvalue weighted by Gasteiger charge is -2.10. The monoisotopic (exact) mass is 504 g/mol. The number of ketones is 1. The lowest BCUT2D eigenvalue weighted by atomic mass is 10.0. The minimum absolute atomic E-state index is 0.107. The number of thiophene rings is 1. The first-order valence-corrected chi connectivity index (χ1v) is 12.3. The Morgan fingerprint density at radius 3 is 2.60 bits per heavy atom. The summed E-state index contributed by atoms with van der Waals surface area (Å²) in [5.74, 6) is 0.793. The van der Waals surface area contributed by atoms with Crippen LogP contribution in [0.3, 0.4) is 0 Å². The van der Waals surface area contributed by atoms with Crippen LogP contribution >= 0.6 is 22.9 Å². The van der Waals surface area contributed by atoms with Gasteiger partial charge in [0.25, 0.3) is 5.91 Å². The summed E-state index contributed by atoms with van der Waals surface area (Å²) in [5.41, 5.74) is 1.60. The van der Waals surface area contributed by atoms with Crippen LogP contribution in [0.4, 0.5) is 0 Å². The molecule has 0 atom stereocenters. The summed E-state index contributed by atoms with van der Waals surface area (Å²) >= 11 is 7.81. The molecule has 35 heavy (non-hydrogen) atoms. The molecule has 0 saturated heterocycles. The average Bonchev–Trinajstić information content (AvgIpc) is 3.58. The fourth-order valence-electron chi connectivity index (χ4n) is 3.85. The number of carbonyl (C=O) groups is 2. The standard InChI is InChI=1S/C26H21ClN4O3S/c1-3-17-13-19(24(32)18-9-5-6-10-20(18)27)26(35-17)31-15(2)29-30-23(31)14-28-25(33)22-12-16-8-4-7-11-21(16)34-22/h4-13H,3,14H2,1-2H3,(H,28,33). The number of hydrogen-bond donors (Lipinski definition) is 1. The Kier molecular flexibility index (Phi) is 6.23. The minimum atomic E-state index is -0.360. The van der Waals surface area contributed by atoms with Gasteiger partial charge in [-0.2, -0.15) is 0 Å². The van der Waals surface area contributed by atoms with Crippen molar-refractivity contribution in [2.24, 2.45) is 0 Å². The van der Waals surface area contributed by atoms with Gasteiger partial charge < -0.3 is 9.73 Å². The molecule has 0 bridgehead atoms. The molecule has 0 radical (unpaired) electrons. The van der Waals surface area contributed by atoms with Crippen molar-refractivity contribution in [1.29, 1.82) is 0 Å². The molecule has 0 saturated carbocycles. The highest BCUT2D eigenvalue weighted by Gasteiger charge is 2.24. The highest BCUT2D eigenvalue weighted by molar-refractivity contribution is 7.15. The van der Waals surface area contributed by atoms with Gasteiger partial charge in [0.15, 0.2) is 17.4 Å². The zero-order valence-corrected chi connectivity index (χ0v) is 20.6. The van der Waals surface area contributed by atoms with Crippen molar-refractivity contribution < 1.29 is 14.0 Å². The Bertz CT molecular complexity index is 1530. The van der Waals surface area contributed by atoms with E-state index in [4.69, 9.17) is 16.0 Å². The average molecular weight is 505 g/mol. The van der Waals surface area contributed by atoms with Gasteiger partial charge in [0.2, 0.25) is 0 Å². The molecular formula is C26H21ClN4O3S. The number of halogens is 1. The molecule has 3 heterocycles. The van der Waals surface area contributed by atoms with Crippen LogP contribution < -0.4 is 5.32 Å². The van der Waals surface area contributed by atoms with Crippen LogP contribution in [0.2, 0.25) is 5.02 Å². The van der Waals surface area contributed by atoms with Gasteiger partial charge in [-0.05, 0) is 43.7 Å². The smallest absolute Gasteiger partial charge is 0.287 e. The number of amides is 1. The van der Waals surface area contributed by atoms with Crippen molar-refractivity contribution >= 4 is 45.6 Å². The Balaban J connectivity index is 1.46. The number of nitrogens with zero attached hydrogens (tertiary/aromatic N) is 3. The number of nitrogens with one attached hydrogen (secondary N) is 1. The number of hydrogen-bond acceptors (Lipinski definition) is 6. The van der Waals surface area contributed by atoms with Crippen LogP contribution in [0.25, 0.3) is 16.0 Å². The van der Waals surface area contributed by atoms with E-state index < -0.39 is 0 Å². The molecule has 5 rings (SSSR count). The van der Waals surface area contributed by atoms with Gasteiger partial charge in [0.1, 0.15) is 16.4 Å². The van der Waals surface area contributed by atoms with Gasteiger partial charge >= 0.3 is 0 Å². The molecule has 0 aliphatic carbocycles. The van der Waals surface area contributed by atoms with Gasteiger partial charge in [0, 0.05) is 15.8 Å². The predicted molar refractivity (Wildman–Crippen MR) is 136 cm³/mol. The van der Waals surface area contributed by atoms with E-state index in [1.807, 2.05) is 48.7 Å². The predicted octanol–water partition coefficient (Wildman–Crippen LogP) is 5.76. The highest BCUT2D eigenvalue weighted by atomic mass is 35.5. The van der Waals surface area contributed by atoms with Gasteiger partial charge in [-0.3, -0.25) is 14.2 Å². The van der Waals surface area contributed by atoms with Gasteiger partial charge in [-0.15, -0.1) is 21.5 Å². The fraction of sp³-hybridized carbons (Fsp3) is 0.154. The number of para-hydroxylation sites is 1. The summed E-state index contributed by atoms with van der Waals surface area (Å²) in [6.45, 7) is 3.95. The number of benzene rings is 2. The molecule has 176 valence electrons. The first-order valence-electron chi connectivity index (χ1n) is 11.1. The third-order valence-corrected chi connectivity index (χ3v) is 7.22. The molecule has 0 aliphatic rings. The molecule has 2 aromatic carbocycles. The SMILES string of the molecule is CCc1cc(C(=O)c2ccccc2Cl)c(-n2c(C)nnc2CNC(=O)c2cc3ccccc3o2)s1. The molecule has 1 amide bonds. The third kappa shape index (κ3) is 4.38. The number of aryl methyl sites for hydroxylation is 2. The first kappa shape index (κ1) is 23.0. The van der Waals surface area contributed by atoms with Gasteiger partial charge in [-0.1, -0.05) is 48.9 Å². The second kappa shape index (κ2) is 9.48. The molecule has 5 aromatic rings. The zero-order valence-electron chi connectivity index (χ0n) is 19.0. The maximum Gasteiger partial charge on any atom is 0.287 e. The first-order chi connectivity index (χ1) is 17.0. The quantitative estimate of drug-likeness (QED) is 0.284. The van der Waals surface area contributed by atoms with Crippen molar-refractivity contribution in [1.82, 2.24) is 20.1 Å². The zero-order chi connectivity index (χ0) is 24.5. The lowest BCUT2D eigenvalue weighted by molar-refractivity contribution is 0.0923. The van der Waals surface area contributed by atoms with E-state index in [0.717, 1.165) is 16.7 Å². The number of carbonyl (C=O) groups excluding carboxylic acids is 2. The van der Waals surface area contributed by atoms with E-state index in [9.17, 15) is 9.59 Å². The van der Waals surface area contributed by atoms with Crippen LogP contribution in [0.1, 0.15) is 49.9 Å². The summed E-state index contributed by atoms with van der Waals surface area (Å²) < 4.78 is 7.47. The Morgan fingerprint density at radius 1 is 1.06 bits per heavy atom. The van der Waals surface area contributed by atoms with Gasteiger partial charge in [0.05, 0.1) is 17.1 Å². The van der Waals surface area contributed by atoms with Crippen LogP contribution in [-0.2, 0) is 13.0 Å². The second-order valence-electron chi connectivity index (χ2n) is 7.92. The number of rotatable bonds is 7. The summed E-state index contributed by atoms with van der Waals surface area (Å²) in [6, 6.07) is 18.0. The summed E-state index contributed by atoms with van der Waals surface area (Å²) in [7, 11) is 0. The van der Waals surface area contributed by atoms with Crippen LogP contribution in [0, 0.1) is 6.92 Å². The van der Waals surface area contributed by atoms with E-state index in [0.29, 0.717) is 38.4 Å².